The topological polar surface area (TPSA) is 24.1 Å². The second-order valence-corrected chi connectivity index (χ2v) is 6.46. The van der Waals surface area contributed by atoms with Crippen LogP contribution in [-0.2, 0) is 0 Å². The Bertz CT molecular complexity index is 759. The molecule has 0 aliphatic rings. The van der Waals surface area contributed by atoms with E-state index >= 15 is 0 Å². The lowest BCUT2D eigenvalue weighted by Gasteiger charge is -2.17. The summed E-state index contributed by atoms with van der Waals surface area (Å²) in [4.78, 5) is 0. The molecule has 2 nitrogen and oxygen atoms in total. The van der Waals surface area contributed by atoms with Crippen molar-refractivity contribution in [1.82, 2.24) is 0 Å². The first-order chi connectivity index (χ1) is 11.5. The van der Waals surface area contributed by atoms with Crippen LogP contribution in [0.3, 0.4) is 0 Å². The smallest absolute Gasteiger partial charge is 0.0626 e. The van der Waals surface area contributed by atoms with Crippen molar-refractivity contribution in [3.05, 3.63) is 82.9 Å². The predicted octanol–water partition coefficient (Wildman–Crippen LogP) is 6.41. The summed E-state index contributed by atoms with van der Waals surface area (Å²) in [6.45, 7) is 8.49. The van der Waals surface area contributed by atoms with Gasteiger partial charge in [0.1, 0.15) is 0 Å². The van der Waals surface area contributed by atoms with Crippen molar-refractivity contribution in [2.24, 2.45) is 0 Å². The summed E-state index contributed by atoms with van der Waals surface area (Å²) in [5.41, 5.74) is 9.44. The van der Waals surface area contributed by atoms with Crippen LogP contribution in [0.4, 0.5) is 22.7 Å². The molecule has 2 N–H and O–H groups in total. The maximum Gasteiger partial charge on any atom is 0.0626 e. The van der Waals surface area contributed by atoms with Crippen molar-refractivity contribution >= 4 is 22.7 Å². The van der Waals surface area contributed by atoms with Gasteiger partial charge in [0.05, 0.1) is 11.4 Å². The molecule has 3 aromatic rings. The van der Waals surface area contributed by atoms with Crippen LogP contribution in [0, 0.1) is 27.7 Å². The Morgan fingerprint density at radius 3 is 1.17 bits per heavy atom. The van der Waals surface area contributed by atoms with Gasteiger partial charge in [-0.05, 0) is 75.2 Å². The van der Waals surface area contributed by atoms with Gasteiger partial charge in [-0.3, -0.25) is 0 Å². The molecule has 0 saturated carbocycles. The van der Waals surface area contributed by atoms with Gasteiger partial charge in [0, 0.05) is 11.4 Å². The molecule has 24 heavy (non-hydrogen) atoms. The second-order valence-electron chi connectivity index (χ2n) is 6.46. The summed E-state index contributed by atoms with van der Waals surface area (Å²) in [6.07, 6.45) is 0. The summed E-state index contributed by atoms with van der Waals surface area (Å²) in [5.74, 6) is 0. The lowest BCUT2D eigenvalue weighted by atomic mass is 10.1. The van der Waals surface area contributed by atoms with E-state index in [0.717, 1.165) is 22.7 Å². The van der Waals surface area contributed by atoms with Crippen LogP contribution < -0.4 is 10.6 Å². The summed E-state index contributed by atoms with van der Waals surface area (Å²) in [7, 11) is 0. The largest absolute Gasteiger partial charge is 0.354 e. The molecule has 0 heterocycles. The second kappa shape index (κ2) is 6.79. The van der Waals surface area contributed by atoms with Gasteiger partial charge in [0.2, 0.25) is 0 Å². The maximum absolute atomic E-state index is 3.54. The van der Waals surface area contributed by atoms with Gasteiger partial charge in [0.15, 0.2) is 0 Å². The lowest BCUT2D eigenvalue weighted by Crippen LogP contribution is -1.99. The molecule has 0 spiro atoms. The van der Waals surface area contributed by atoms with E-state index in [1.807, 2.05) is 0 Å². The SMILES string of the molecule is Cc1ccc(Nc2cc(C)c(C)cc2Nc2ccc(C)cc2)cc1. The first-order valence-corrected chi connectivity index (χ1v) is 8.30. The van der Waals surface area contributed by atoms with Crippen LogP contribution in [0.1, 0.15) is 22.3 Å². The molecule has 0 atom stereocenters. The van der Waals surface area contributed by atoms with E-state index in [1.165, 1.54) is 22.3 Å². The number of aryl methyl sites for hydroxylation is 4. The summed E-state index contributed by atoms with van der Waals surface area (Å²) in [5, 5.41) is 7.07. The van der Waals surface area contributed by atoms with Crippen molar-refractivity contribution in [2.75, 3.05) is 10.6 Å². The normalized spacial score (nSPS) is 10.5. The molecule has 0 radical (unpaired) electrons. The third-order valence-corrected chi connectivity index (χ3v) is 4.30. The monoisotopic (exact) mass is 316 g/mol. The fraction of sp³-hybridized carbons (Fsp3) is 0.182. The third kappa shape index (κ3) is 3.77. The van der Waals surface area contributed by atoms with E-state index in [2.05, 4.69) is 99.0 Å². The number of rotatable bonds is 4. The Labute approximate surface area is 144 Å². The molecule has 0 aliphatic carbocycles. The Morgan fingerprint density at radius 1 is 0.500 bits per heavy atom. The van der Waals surface area contributed by atoms with Crippen molar-refractivity contribution < 1.29 is 0 Å². The molecule has 3 rings (SSSR count). The highest BCUT2D eigenvalue weighted by molar-refractivity contribution is 5.79. The van der Waals surface area contributed by atoms with Crippen molar-refractivity contribution in [3.8, 4) is 0 Å². The van der Waals surface area contributed by atoms with Crippen LogP contribution in [0.5, 0.6) is 0 Å². The molecule has 0 aromatic heterocycles. The fourth-order valence-corrected chi connectivity index (χ4v) is 2.61. The molecule has 0 aliphatic heterocycles. The third-order valence-electron chi connectivity index (χ3n) is 4.30. The number of nitrogens with one attached hydrogen (secondary N) is 2. The molecule has 0 amide bonds. The van der Waals surface area contributed by atoms with Crippen molar-refractivity contribution in [2.45, 2.75) is 27.7 Å². The highest BCUT2D eigenvalue weighted by Gasteiger charge is 2.07. The number of anilines is 4. The molecule has 122 valence electrons. The summed E-state index contributed by atoms with van der Waals surface area (Å²) < 4.78 is 0. The zero-order chi connectivity index (χ0) is 17.1. The molecule has 0 saturated heterocycles. The Balaban J connectivity index is 1.93. The molecule has 0 fully saturated rings. The van der Waals surface area contributed by atoms with E-state index in [1.54, 1.807) is 0 Å². The zero-order valence-corrected chi connectivity index (χ0v) is 14.8. The van der Waals surface area contributed by atoms with Crippen LogP contribution in [-0.4, -0.2) is 0 Å². The lowest BCUT2D eigenvalue weighted by molar-refractivity contribution is 1.33. The van der Waals surface area contributed by atoms with Gasteiger partial charge >= 0.3 is 0 Å². The summed E-state index contributed by atoms with van der Waals surface area (Å²) in [6, 6.07) is 21.3. The van der Waals surface area contributed by atoms with E-state index < -0.39 is 0 Å². The average Bonchev–Trinajstić information content (AvgIpc) is 2.56. The minimum absolute atomic E-state index is 1.09. The molecule has 2 heteroatoms. The number of benzene rings is 3. The highest BCUT2D eigenvalue weighted by Crippen LogP contribution is 2.31. The Hall–Kier alpha value is -2.74. The fourth-order valence-electron chi connectivity index (χ4n) is 2.61. The molecular formula is C22H24N2. The first kappa shape index (κ1) is 16.1. The van der Waals surface area contributed by atoms with Crippen LogP contribution in [0.15, 0.2) is 60.7 Å². The van der Waals surface area contributed by atoms with Crippen molar-refractivity contribution in [1.29, 1.82) is 0 Å². The quantitative estimate of drug-likeness (QED) is 0.581. The van der Waals surface area contributed by atoms with Gasteiger partial charge in [-0.25, -0.2) is 0 Å². The number of hydrogen-bond acceptors (Lipinski definition) is 2. The Kier molecular flexibility index (Phi) is 4.57. The van der Waals surface area contributed by atoms with Crippen LogP contribution >= 0.6 is 0 Å². The van der Waals surface area contributed by atoms with Gasteiger partial charge in [-0.15, -0.1) is 0 Å². The maximum atomic E-state index is 3.54. The summed E-state index contributed by atoms with van der Waals surface area (Å²) >= 11 is 0. The minimum atomic E-state index is 1.09. The van der Waals surface area contributed by atoms with Crippen LogP contribution in [0.2, 0.25) is 0 Å². The van der Waals surface area contributed by atoms with E-state index in [4.69, 9.17) is 0 Å². The van der Waals surface area contributed by atoms with E-state index in [0.29, 0.717) is 0 Å². The van der Waals surface area contributed by atoms with Gasteiger partial charge in [-0.2, -0.15) is 0 Å². The van der Waals surface area contributed by atoms with E-state index in [-0.39, 0.29) is 0 Å². The molecular weight excluding hydrogens is 292 g/mol. The minimum Gasteiger partial charge on any atom is -0.354 e. The average molecular weight is 316 g/mol. The number of hydrogen-bond donors (Lipinski definition) is 2. The van der Waals surface area contributed by atoms with Gasteiger partial charge < -0.3 is 10.6 Å². The van der Waals surface area contributed by atoms with Gasteiger partial charge in [-0.1, -0.05) is 35.4 Å². The molecule has 0 unspecified atom stereocenters. The van der Waals surface area contributed by atoms with Gasteiger partial charge in [0.25, 0.3) is 0 Å². The van der Waals surface area contributed by atoms with E-state index in [9.17, 15) is 0 Å². The van der Waals surface area contributed by atoms with Crippen LogP contribution in [0.25, 0.3) is 0 Å². The molecule has 0 bridgehead atoms. The zero-order valence-electron chi connectivity index (χ0n) is 14.8. The predicted molar refractivity (Wildman–Crippen MR) is 105 cm³/mol. The first-order valence-electron chi connectivity index (χ1n) is 8.30. The van der Waals surface area contributed by atoms with Crippen molar-refractivity contribution in [3.63, 3.8) is 0 Å². The molecule has 3 aromatic carbocycles. The standard InChI is InChI=1S/C22H24N2/c1-15-5-9-19(10-6-15)23-21-13-17(3)18(4)14-22(21)24-20-11-7-16(2)8-12-20/h5-14,23-24H,1-4H3. The Morgan fingerprint density at radius 2 is 0.833 bits per heavy atom. The highest BCUT2D eigenvalue weighted by atomic mass is 15.0.